The standard InChI is InChI=1S/C18H26N6OS/c1-2-13-26-18-21-17-20-15-6-4-3-5-14(15)16(24(17)22-18)19-7-8-23-9-11-25-12-10-23/h2,19H,1,3-13H2. The van der Waals surface area contributed by atoms with Gasteiger partial charge in [-0.3, -0.25) is 4.90 Å². The molecule has 7 nitrogen and oxygen atoms in total. The largest absolute Gasteiger partial charge is 0.379 e. The maximum absolute atomic E-state index is 5.43. The van der Waals surface area contributed by atoms with Crippen molar-refractivity contribution >= 4 is 23.4 Å². The van der Waals surface area contributed by atoms with Gasteiger partial charge in [0, 0.05) is 37.5 Å². The highest BCUT2D eigenvalue weighted by molar-refractivity contribution is 7.99. The third-order valence-electron chi connectivity index (χ3n) is 4.90. The van der Waals surface area contributed by atoms with E-state index in [0.717, 1.165) is 69.0 Å². The fraction of sp³-hybridized carbons (Fsp3) is 0.611. The monoisotopic (exact) mass is 374 g/mol. The van der Waals surface area contributed by atoms with Gasteiger partial charge in [0.05, 0.1) is 18.9 Å². The Bertz CT molecular complexity index is 771. The number of thioether (sulfide) groups is 1. The van der Waals surface area contributed by atoms with Crippen molar-refractivity contribution < 1.29 is 4.74 Å². The Hall–Kier alpha value is -1.64. The highest BCUT2D eigenvalue weighted by Gasteiger charge is 2.21. The topological polar surface area (TPSA) is 67.6 Å². The lowest BCUT2D eigenvalue weighted by Gasteiger charge is -2.27. The summed E-state index contributed by atoms with van der Waals surface area (Å²) in [5.41, 5.74) is 2.50. The van der Waals surface area contributed by atoms with Gasteiger partial charge in [-0.2, -0.15) is 9.50 Å². The van der Waals surface area contributed by atoms with Crippen LogP contribution >= 0.6 is 11.8 Å². The lowest BCUT2D eigenvalue weighted by Crippen LogP contribution is -2.39. The van der Waals surface area contributed by atoms with Gasteiger partial charge in [0.25, 0.3) is 5.78 Å². The third kappa shape index (κ3) is 3.87. The van der Waals surface area contributed by atoms with Crippen molar-refractivity contribution in [1.29, 1.82) is 0 Å². The molecule has 0 aromatic carbocycles. The van der Waals surface area contributed by atoms with E-state index < -0.39 is 0 Å². The minimum atomic E-state index is 0.700. The maximum Gasteiger partial charge on any atom is 0.255 e. The Labute approximate surface area is 158 Å². The summed E-state index contributed by atoms with van der Waals surface area (Å²) in [6, 6.07) is 0. The van der Waals surface area contributed by atoms with Crippen LogP contribution in [0.5, 0.6) is 0 Å². The van der Waals surface area contributed by atoms with Crippen molar-refractivity contribution in [3.8, 4) is 0 Å². The van der Waals surface area contributed by atoms with Crippen LogP contribution in [0.1, 0.15) is 24.1 Å². The zero-order chi connectivity index (χ0) is 17.8. The number of fused-ring (bicyclic) bond motifs is 2. The highest BCUT2D eigenvalue weighted by atomic mass is 32.2. The molecule has 0 spiro atoms. The van der Waals surface area contributed by atoms with Crippen LogP contribution in [0.15, 0.2) is 17.8 Å². The highest BCUT2D eigenvalue weighted by Crippen LogP contribution is 2.28. The number of aromatic nitrogens is 4. The number of rotatable bonds is 7. The molecule has 2 aromatic heterocycles. The molecule has 26 heavy (non-hydrogen) atoms. The average Bonchev–Trinajstić information content (AvgIpc) is 3.09. The number of ether oxygens (including phenoxy) is 1. The normalized spacial score (nSPS) is 18.0. The summed E-state index contributed by atoms with van der Waals surface area (Å²) in [5, 5.41) is 9.09. The van der Waals surface area contributed by atoms with Gasteiger partial charge >= 0.3 is 0 Å². The zero-order valence-electron chi connectivity index (χ0n) is 15.1. The van der Waals surface area contributed by atoms with E-state index in [4.69, 9.17) is 9.72 Å². The summed E-state index contributed by atoms with van der Waals surface area (Å²) < 4.78 is 7.33. The van der Waals surface area contributed by atoms with E-state index in [-0.39, 0.29) is 0 Å². The van der Waals surface area contributed by atoms with Crippen molar-refractivity contribution in [3.05, 3.63) is 23.9 Å². The number of anilines is 1. The van der Waals surface area contributed by atoms with Gasteiger partial charge in [-0.25, -0.2) is 4.98 Å². The molecule has 0 atom stereocenters. The van der Waals surface area contributed by atoms with Gasteiger partial charge in [-0.1, -0.05) is 17.8 Å². The molecule has 8 heteroatoms. The average molecular weight is 375 g/mol. The molecule has 2 aliphatic rings. The number of hydrogen-bond acceptors (Lipinski definition) is 7. The smallest absolute Gasteiger partial charge is 0.255 e. The molecule has 0 radical (unpaired) electrons. The van der Waals surface area contributed by atoms with Crippen molar-refractivity contribution in [2.24, 2.45) is 0 Å². The number of morpholine rings is 1. The molecular weight excluding hydrogens is 348 g/mol. The second-order valence-corrected chi connectivity index (χ2v) is 7.67. The number of nitrogens with one attached hydrogen (secondary N) is 1. The van der Waals surface area contributed by atoms with Crippen LogP contribution in [0.2, 0.25) is 0 Å². The van der Waals surface area contributed by atoms with E-state index in [1.54, 1.807) is 11.8 Å². The Balaban J connectivity index is 1.57. The second-order valence-electron chi connectivity index (χ2n) is 6.68. The van der Waals surface area contributed by atoms with Gasteiger partial charge in [0.2, 0.25) is 5.16 Å². The Kier molecular flexibility index (Phi) is 5.72. The van der Waals surface area contributed by atoms with E-state index >= 15 is 0 Å². The van der Waals surface area contributed by atoms with E-state index in [1.807, 2.05) is 10.6 Å². The van der Waals surface area contributed by atoms with Gasteiger partial charge in [0.1, 0.15) is 5.82 Å². The minimum absolute atomic E-state index is 0.700. The second kappa shape index (κ2) is 8.37. The predicted octanol–water partition coefficient (Wildman–Crippen LogP) is 2.03. The van der Waals surface area contributed by atoms with Crippen molar-refractivity contribution in [2.75, 3.05) is 50.5 Å². The molecular formula is C18H26N6OS. The lowest BCUT2D eigenvalue weighted by atomic mass is 9.96. The fourth-order valence-electron chi connectivity index (χ4n) is 3.56. The fourth-order valence-corrected chi connectivity index (χ4v) is 4.11. The zero-order valence-corrected chi connectivity index (χ0v) is 15.9. The first kappa shape index (κ1) is 17.8. The third-order valence-corrected chi connectivity index (χ3v) is 5.73. The lowest BCUT2D eigenvalue weighted by molar-refractivity contribution is 0.0398. The van der Waals surface area contributed by atoms with Crippen LogP contribution < -0.4 is 5.32 Å². The molecule has 2 aromatic rings. The van der Waals surface area contributed by atoms with Crippen LogP contribution in [0.25, 0.3) is 5.78 Å². The van der Waals surface area contributed by atoms with Crippen molar-refractivity contribution in [1.82, 2.24) is 24.5 Å². The Morgan fingerprint density at radius 1 is 1.19 bits per heavy atom. The first-order valence-corrected chi connectivity index (χ1v) is 10.4. The van der Waals surface area contributed by atoms with Gasteiger partial charge in [0.15, 0.2) is 0 Å². The Morgan fingerprint density at radius 3 is 2.88 bits per heavy atom. The quantitative estimate of drug-likeness (QED) is 0.587. The maximum atomic E-state index is 5.43. The number of hydrogen-bond donors (Lipinski definition) is 1. The molecule has 0 saturated carbocycles. The van der Waals surface area contributed by atoms with Crippen molar-refractivity contribution in [2.45, 2.75) is 30.8 Å². The molecule has 3 heterocycles. The molecule has 1 fully saturated rings. The molecule has 0 amide bonds. The first-order valence-electron chi connectivity index (χ1n) is 9.41. The summed E-state index contributed by atoms with van der Waals surface area (Å²) in [6.07, 6.45) is 6.39. The summed E-state index contributed by atoms with van der Waals surface area (Å²) in [4.78, 5) is 11.8. The predicted molar refractivity (Wildman–Crippen MR) is 104 cm³/mol. The minimum Gasteiger partial charge on any atom is -0.379 e. The number of nitrogens with zero attached hydrogens (tertiary/aromatic N) is 5. The van der Waals surface area contributed by atoms with E-state index in [9.17, 15) is 0 Å². The Morgan fingerprint density at radius 2 is 2.04 bits per heavy atom. The van der Waals surface area contributed by atoms with Gasteiger partial charge in [-0.15, -0.1) is 11.7 Å². The molecule has 4 rings (SSSR count). The molecule has 0 bridgehead atoms. The molecule has 140 valence electrons. The van der Waals surface area contributed by atoms with Gasteiger partial charge < -0.3 is 10.1 Å². The van der Waals surface area contributed by atoms with E-state index in [2.05, 4.69) is 26.9 Å². The summed E-state index contributed by atoms with van der Waals surface area (Å²) >= 11 is 1.59. The van der Waals surface area contributed by atoms with Crippen LogP contribution in [0, 0.1) is 0 Å². The van der Waals surface area contributed by atoms with Crippen LogP contribution in [-0.2, 0) is 17.6 Å². The number of aryl methyl sites for hydroxylation is 1. The van der Waals surface area contributed by atoms with Crippen LogP contribution in [0.4, 0.5) is 5.82 Å². The molecule has 0 unspecified atom stereocenters. The van der Waals surface area contributed by atoms with Crippen LogP contribution in [0.3, 0.4) is 0 Å². The van der Waals surface area contributed by atoms with Gasteiger partial charge in [-0.05, 0) is 25.7 Å². The molecule has 1 saturated heterocycles. The summed E-state index contributed by atoms with van der Waals surface area (Å²) in [7, 11) is 0. The molecule has 1 aliphatic carbocycles. The SMILES string of the molecule is C=CCSc1nc2nc3c(c(NCCN4CCOCC4)n2n1)CCCC3. The molecule has 1 aliphatic heterocycles. The molecule has 1 N–H and O–H groups in total. The van der Waals surface area contributed by atoms with Crippen LogP contribution in [-0.4, -0.2) is 69.6 Å². The van der Waals surface area contributed by atoms with Crippen molar-refractivity contribution in [3.63, 3.8) is 0 Å². The first-order chi connectivity index (χ1) is 12.8. The van der Waals surface area contributed by atoms with E-state index in [0.29, 0.717) is 5.78 Å². The summed E-state index contributed by atoms with van der Waals surface area (Å²) in [5.74, 6) is 2.58. The van der Waals surface area contributed by atoms with E-state index in [1.165, 1.54) is 24.1 Å². The summed E-state index contributed by atoms with van der Waals surface area (Å²) in [6.45, 7) is 9.36.